The fourth-order valence-corrected chi connectivity index (χ4v) is 4.51. The first-order valence-electron chi connectivity index (χ1n) is 11.6. The Hall–Kier alpha value is -2.95. The third-order valence-electron chi connectivity index (χ3n) is 6.37. The molecule has 4 heteroatoms. The normalized spacial score (nSPS) is 12.0. The summed E-state index contributed by atoms with van der Waals surface area (Å²) in [6, 6.07) is 22.5. The van der Waals surface area contributed by atoms with Crippen LogP contribution in [0.1, 0.15) is 51.8 Å². The van der Waals surface area contributed by atoms with Gasteiger partial charge in [-0.15, -0.1) is 0 Å². The van der Waals surface area contributed by atoms with E-state index in [0.29, 0.717) is 5.92 Å². The lowest BCUT2D eigenvalue weighted by molar-refractivity contribution is -0.136. The average Bonchev–Trinajstić information content (AvgIpc) is 2.81. The first-order valence-corrected chi connectivity index (χ1v) is 11.6. The van der Waals surface area contributed by atoms with E-state index in [1.807, 2.05) is 37.3 Å². The number of carboxylic acid groups (broad SMARTS) is 1. The maximum Gasteiger partial charge on any atom is 0.307 e. The van der Waals surface area contributed by atoms with Gasteiger partial charge in [-0.3, -0.25) is 4.79 Å². The van der Waals surface area contributed by atoms with Crippen molar-refractivity contribution in [1.29, 1.82) is 0 Å². The minimum Gasteiger partial charge on any atom is -0.481 e. The molecule has 0 spiro atoms. The number of benzene rings is 3. The molecule has 0 aliphatic rings. The molecule has 1 atom stereocenters. The van der Waals surface area contributed by atoms with Crippen LogP contribution in [-0.4, -0.2) is 21.3 Å². The van der Waals surface area contributed by atoms with E-state index in [1.165, 1.54) is 11.1 Å². The van der Waals surface area contributed by atoms with Crippen LogP contribution in [0.4, 0.5) is 0 Å². The molecule has 174 valence electrons. The number of aliphatic hydroxyl groups excluding tert-OH is 2. The highest BCUT2D eigenvalue weighted by atomic mass is 16.4. The molecule has 0 radical (unpaired) electrons. The van der Waals surface area contributed by atoms with Gasteiger partial charge in [0.2, 0.25) is 0 Å². The summed E-state index contributed by atoms with van der Waals surface area (Å²) in [4.78, 5) is 11.0. The van der Waals surface area contributed by atoms with Crippen LogP contribution in [0.15, 0.2) is 66.7 Å². The van der Waals surface area contributed by atoms with Gasteiger partial charge >= 0.3 is 5.97 Å². The lowest BCUT2D eigenvalue weighted by Crippen LogP contribution is -2.11. The van der Waals surface area contributed by atoms with Gasteiger partial charge in [0.25, 0.3) is 0 Å². The predicted molar refractivity (Wildman–Crippen MR) is 131 cm³/mol. The van der Waals surface area contributed by atoms with Crippen LogP contribution in [0.2, 0.25) is 0 Å². The fraction of sp³-hybridized carbons (Fsp3) is 0.345. The quantitative estimate of drug-likeness (QED) is 0.365. The molecule has 0 aliphatic heterocycles. The molecule has 3 N–H and O–H groups in total. The summed E-state index contributed by atoms with van der Waals surface area (Å²) < 4.78 is 0. The van der Waals surface area contributed by atoms with Crippen LogP contribution < -0.4 is 0 Å². The van der Waals surface area contributed by atoms with E-state index in [0.717, 1.165) is 59.9 Å². The second-order valence-electron chi connectivity index (χ2n) is 8.89. The van der Waals surface area contributed by atoms with Crippen LogP contribution >= 0.6 is 0 Å². The molecular weight excluding hydrogens is 412 g/mol. The zero-order valence-electron chi connectivity index (χ0n) is 19.3. The Bertz CT molecular complexity index is 1000. The number of carbonyl (C=O) groups is 1. The fourth-order valence-electron chi connectivity index (χ4n) is 4.51. The van der Waals surface area contributed by atoms with Crippen molar-refractivity contribution in [1.82, 2.24) is 0 Å². The smallest absolute Gasteiger partial charge is 0.307 e. The van der Waals surface area contributed by atoms with Crippen LogP contribution in [0.5, 0.6) is 0 Å². The molecule has 0 unspecified atom stereocenters. The number of aliphatic hydroxyl groups is 2. The molecule has 0 saturated carbocycles. The molecule has 0 fully saturated rings. The zero-order valence-corrected chi connectivity index (χ0v) is 19.3. The Morgan fingerprint density at radius 3 is 1.94 bits per heavy atom. The number of hydrogen-bond acceptors (Lipinski definition) is 3. The summed E-state index contributed by atoms with van der Waals surface area (Å²) in [5, 5.41) is 28.5. The Labute approximate surface area is 196 Å². The van der Waals surface area contributed by atoms with Gasteiger partial charge in [0.1, 0.15) is 0 Å². The Morgan fingerprint density at radius 2 is 1.36 bits per heavy atom. The summed E-state index contributed by atoms with van der Waals surface area (Å²) in [5.74, 6) is -0.417. The van der Waals surface area contributed by atoms with E-state index in [1.54, 1.807) is 0 Å². The van der Waals surface area contributed by atoms with E-state index in [-0.39, 0.29) is 19.6 Å². The molecule has 0 aliphatic carbocycles. The van der Waals surface area contributed by atoms with Gasteiger partial charge in [0.15, 0.2) is 0 Å². The molecular formula is C29H34O4. The second-order valence-corrected chi connectivity index (χ2v) is 8.89. The lowest BCUT2D eigenvalue weighted by Gasteiger charge is -2.20. The second kappa shape index (κ2) is 12.3. The molecule has 3 rings (SSSR count). The number of aliphatic carboxylic acids is 1. The van der Waals surface area contributed by atoms with E-state index < -0.39 is 5.97 Å². The average molecular weight is 447 g/mol. The summed E-state index contributed by atoms with van der Waals surface area (Å²) in [6.07, 6.45) is 4.98. The van der Waals surface area contributed by atoms with E-state index in [2.05, 4.69) is 36.4 Å². The van der Waals surface area contributed by atoms with E-state index in [9.17, 15) is 15.0 Å². The number of rotatable bonds is 12. The largest absolute Gasteiger partial charge is 0.481 e. The molecule has 3 aromatic carbocycles. The van der Waals surface area contributed by atoms with Crippen molar-refractivity contribution < 1.29 is 20.1 Å². The molecule has 33 heavy (non-hydrogen) atoms. The Kier molecular flexibility index (Phi) is 9.23. The van der Waals surface area contributed by atoms with Gasteiger partial charge in [0, 0.05) is 0 Å². The third-order valence-corrected chi connectivity index (χ3v) is 6.37. The van der Waals surface area contributed by atoms with Gasteiger partial charge in [-0.05, 0) is 83.9 Å². The molecule has 0 amide bonds. The minimum absolute atomic E-state index is 0.0314. The van der Waals surface area contributed by atoms with Crippen molar-refractivity contribution in [2.45, 2.75) is 58.7 Å². The van der Waals surface area contributed by atoms with Crippen molar-refractivity contribution >= 4 is 5.97 Å². The van der Waals surface area contributed by atoms with Crippen LogP contribution in [0.3, 0.4) is 0 Å². The third kappa shape index (κ3) is 7.55. The van der Waals surface area contributed by atoms with E-state index in [4.69, 9.17) is 5.11 Å². The highest BCUT2D eigenvalue weighted by molar-refractivity contribution is 5.70. The van der Waals surface area contributed by atoms with Crippen LogP contribution in [-0.2, 0) is 43.7 Å². The standard InChI is InChI=1S/C29H34O4/c1-21-27(19-30)16-26(17-28(21)20-31)15-25(9-5-8-22-6-3-2-4-7-22)14-23-10-12-24(13-11-23)18-29(32)33/h2-4,6-7,10-13,16-17,25,30-31H,5,8-9,14-15,18-20H2,1H3,(H,32,33)/t25-/m0/s1. The monoisotopic (exact) mass is 446 g/mol. The number of hydrogen-bond donors (Lipinski definition) is 3. The molecule has 0 saturated heterocycles. The van der Waals surface area contributed by atoms with Gasteiger partial charge in [-0.2, -0.15) is 0 Å². The SMILES string of the molecule is Cc1c(CO)cc(C[C@@H](CCCc2ccccc2)Cc2ccc(CC(=O)O)cc2)cc1CO. The zero-order chi connectivity index (χ0) is 23.6. The lowest BCUT2D eigenvalue weighted by atomic mass is 9.86. The van der Waals surface area contributed by atoms with Crippen molar-refractivity contribution in [3.8, 4) is 0 Å². The summed E-state index contributed by atoms with van der Waals surface area (Å²) in [5.41, 5.74) is 7.19. The van der Waals surface area contributed by atoms with Gasteiger partial charge < -0.3 is 15.3 Å². The molecule has 0 heterocycles. The highest BCUT2D eigenvalue weighted by Gasteiger charge is 2.14. The Morgan fingerprint density at radius 1 is 0.788 bits per heavy atom. The summed E-state index contributed by atoms with van der Waals surface area (Å²) in [7, 11) is 0. The summed E-state index contributed by atoms with van der Waals surface area (Å²) in [6.45, 7) is 1.88. The van der Waals surface area contributed by atoms with Crippen molar-refractivity contribution in [2.24, 2.45) is 5.92 Å². The maximum absolute atomic E-state index is 11.0. The van der Waals surface area contributed by atoms with Crippen molar-refractivity contribution in [3.63, 3.8) is 0 Å². The van der Waals surface area contributed by atoms with Gasteiger partial charge in [-0.25, -0.2) is 0 Å². The highest BCUT2D eigenvalue weighted by Crippen LogP contribution is 2.25. The van der Waals surface area contributed by atoms with Gasteiger partial charge in [-0.1, -0.05) is 66.7 Å². The van der Waals surface area contributed by atoms with Crippen LogP contribution in [0, 0.1) is 12.8 Å². The van der Waals surface area contributed by atoms with Gasteiger partial charge in [0.05, 0.1) is 19.6 Å². The molecule has 0 aromatic heterocycles. The predicted octanol–water partition coefficient (Wildman–Crippen LogP) is 5.03. The Balaban J connectivity index is 1.75. The molecule has 3 aromatic rings. The topological polar surface area (TPSA) is 77.8 Å². The number of carboxylic acids is 1. The van der Waals surface area contributed by atoms with E-state index >= 15 is 0 Å². The van der Waals surface area contributed by atoms with Crippen molar-refractivity contribution in [3.05, 3.63) is 106 Å². The first-order chi connectivity index (χ1) is 16.0. The molecule has 0 bridgehead atoms. The maximum atomic E-state index is 11.0. The van der Waals surface area contributed by atoms with Crippen LogP contribution in [0.25, 0.3) is 0 Å². The van der Waals surface area contributed by atoms with Crippen molar-refractivity contribution in [2.75, 3.05) is 0 Å². The molecule has 4 nitrogen and oxygen atoms in total. The summed E-state index contributed by atoms with van der Waals surface area (Å²) >= 11 is 0. The number of aryl methyl sites for hydroxylation is 1. The first kappa shape index (κ1) is 24.7. The minimum atomic E-state index is -0.819.